The van der Waals surface area contributed by atoms with E-state index in [1.807, 2.05) is 18.2 Å². The Labute approximate surface area is 150 Å². The molecule has 1 heterocycles. The fraction of sp³-hybridized carbons (Fsp3) is 0.550. The Morgan fingerprint density at radius 3 is 2.52 bits per heavy atom. The second-order valence-electron chi connectivity index (χ2n) is 7.63. The van der Waals surface area contributed by atoms with Crippen LogP contribution >= 0.6 is 0 Å². The highest BCUT2D eigenvalue weighted by molar-refractivity contribution is 6.37. The topological polar surface area (TPSA) is 57.7 Å². The van der Waals surface area contributed by atoms with E-state index in [4.69, 9.17) is 0 Å². The van der Waals surface area contributed by atoms with Gasteiger partial charge in [0, 0.05) is 18.5 Å². The number of likely N-dealkylation sites (tertiary alicyclic amines) is 1. The van der Waals surface area contributed by atoms with Crippen molar-refractivity contribution in [3.8, 4) is 0 Å². The maximum absolute atomic E-state index is 12.6. The minimum absolute atomic E-state index is 0.299. The number of ketones is 1. The molecule has 1 saturated heterocycles. The van der Waals surface area contributed by atoms with Gasteiger partial charge in [-0.2, -0.15) is 0 Å². The summed E-state index contributed by atoms with van der Waals surface area (Å²) in [6, 6.07) is 10.1. The number of aryl methyl sites for hydroxylation is 1. The third-order valence-corrected chi connectivity index (χ3v) is 4.60. The fourth-order valence-electron chi connectivity index (χ4n) is 3.16. The molecule has 2 amide bonds. The van der Waals surface area contributed by atoms with E-state index in [2.05, 4.69) is 12.1 Å². The second kappa shape index (κ2) is 8.28. The van der Waals surface area contributed by atoms with E-state index in [9.17, 15) is 14.4 Å². The summed E-state index contributed by atoms with van der Waals surface area (Å²) in [6.45, 7) is 6.35. The van der Waals surface area contributed by atoms with Crippen molar-refractivity contribution in [2.24, 2.45) is 5.41 Å². The Kier molecular flexibility index (Phi) is 6.34. The lowest BCUT2D eigenvalue weighted by atomic mass is 9.90. The highest BCUT2D eigenvalue weighted by atomic mass is 16.2. The van der Waals surface area contributed by atoms with Crippen molar-refractivity contribution in [3.05, 3.63) is 35.9 Å². The number of Topliss-reactive ketones (excluding diaryl/α,β-unsaturated/α-hetero) is 1. The Morgan fingerprint density at radius 2 is 1.92 bits per heavy atom. The Morgan fingerprint density at radius 1 is 1.24 bits per heavy atom. The number of carbonyl (C=O) groups is 3. The van der Waals surface area contributed by atoms with Crippen LogP contribution in [0.25, 0.3) is 0 Å². The molecule has 1 fully saturated rings. The van der Waals surface area contributed by atoms with Crippen molar-refractivity contribution in [1.29, 1.82) is 0 Å². The van der Waals surface area contributed by atoms with Gasteiger partial charge in [0.05, 0.1) is 0 Å². The molecule has 25 heavy (non-hydrogen) atoms. The SMILES string of the molecule is CC(C)(C)C(=O)C(=O)N1CCC[C@H]1N(C=O)CCCc1ccccc1. The molecule has 0 saturated carbocycles. The van der Waals surface area contributed by atoms with Gasteiger partial charge in [-0.1, -0.05) is 51.1 Å². The summed E-state index contributed by atoms with van der Waals surface area (Å²) < 4.78 is 0. The summed E-state index contributed by atoms with van der Waals surface area (Å²) in [4.78, 5) is 39.7. The van der Waals surface area contributed by atoms with Crippen molar-refractivity contribution in [1.82, 2.24) is 9.80 Å². The van der Waals surface area contributed by atoms with Crippen LogP contribution in [0.3, 0.4) is 0 Å². The Hall–Kier alpha value is -2.17. The Balaban J connectivity index is 1.97. The van der Waals surface area contributed by atoms with E-state index >= 15 is 0 Å². The first kappa shape index (κ1) is 19.2. The molecule has 0 spiro atoms. The summed E-state index contributed by atoms with van der Waals surface area (Å²) >= 11 is 0. The van der Waals surface area contributed by atoms with E-state index in [0.29, 0.717) is 13.1 Å². The standard InChI is InChI=1S/C20H28N2O3/c1-20(2,3)18(24)19(25)22-14-8-12-17(22)21(15-23)13-7-11-16-9-5-4-6-10-16/h4-6,9-10,15,17H,7-8,11-14H2,1-3H3/t17-/m0/s1. The zero-order chi connectivity index (χ0) is 18.4. The Bertz CT molecular complexity index is 607. The fourth-order valence-corrected chi connectivity index (χ4v) is 3.16. The van der Waals surface area contributed by atoms with E-state index in [1.54, 1.807) is 30.6 Å². The lowest BCUT2D eigenvalue weighted by Crippen LogP contribution is -2.51. The third kappa shape index (κ3) is 4.91. The molecule has 5 heteroatoms. The van der Waals surface area contributed by atoms with Crippen LogP contribution in [0, 0.1) is 5.41 Å². The monoisotopic (exact) mass is 344 g/mol. The molecular formula is C20H28N2O3. The van der Waals surface area contributed by atoms with Crippen LogP contribution < -0.4 is 0 Å². The minimum atomic E-state index is -0.705. The lowest BCUT2D eigenvalue weighted by molar-refractivity contribution is -0.152. The van der Waals surface area contributed by atoms with Crippen molar-refractivity contribution in [2.45, 2.75) is 52.6 Å². The molecule has 0 aliphatic carbocycles. The van der Waals surface area contributed by atoms with E-state index in [1.165, 1.54) is 5.56 Å². The van der Waals surface area contributed by atoms with E-state index in [-0.39, 0.29) is 6.17 Å². The van der Waals surface area contributed by atoms with Gasteiger partial charge in [-0.3, -0.25) is 14.4 Å². The summed E-state index contributed by atoms with van der Waals surface area (Å²) in [5.74, 6) is -0.862. The molecule has 1 aliphatic rings. The molecule has 0 unspecified atom stereocenters. The van der Waals surface area contributed by atoms with Gasteiger partial charge in [-0.05, 0) is 31.2 Å². The van der Waals surface area contributed by atoms with Crippen molar-refractivity contribution >= 4 is 18.1 Å². The number of nitrogens with zero attached hydrogens (tertiary/aromatic N) is 2. The molecular weight excluding hydrogens is 316 g/mol. The molecule has 1 aromatic rings. The first-order valence-corrected chi connectivity index (χ1v) is 8.95. The summed E-state index contributed by atoms with van der Waals surface area (Å²) in [5.41, 5.74) is 0.527. The average Bonchev–Trinajstić information content (AvgIpc) is 3.07. The van der Waals surface area contributed by atoms with Crippen molar-refractivity contribution < 1.29 is 14.4 Å². The first-order valence-electron chi connectivity index (χ1n) is 8.95. The molecule has 2 rings (SSSR count). The lowest BCUT2D eigenvalue weighted by Gasteiger charge is -2.33. The zero-order valence-corrected chi connectivity index (χ0v) is 15.4. The van der Waals surface area contributed by atoms with Gasteiger partial charge >= 0.3 is 0 Å². The molecule has 136 valence electrons. The quantitative estimate of drug-likeness (QED) is 0.564. The van der Waals surface area contributed by atoms with E-state index in [0.717, 1.165) is 32.1 Å². The molecule has 0 bridgehead atoms. The largest absolute Gasteiger partial charge is 0.325 e. The van der Waals surface area contributed by atoms with Crippen LogP contribution in [-0.4, -0.2) is 47.2 Å². The summed E-state index contributed by atoms with van der Waals surface area (Å²) in [5, 5.41) is 0. The molecule has 0 aromatic heterocycles. The maximum atomic E-state index is 12.6. The first-order chi connectivity index (χ1) is 11.8. The molecule has 5 nitrogen and oxygen atoms in total. The van der Waals surface area contributed by atoms with Crippen LogP contribution in [0.5, 0.6) is 0 Å². The predicted octanol–water partition coefficient (Wildman–Crippen LogP) is 2.64. The smallest absolute Gasteiger partial charge is 0.292 e. The molecule has 1 atom stereocenters. The van der Waals surface area contributed by atoms with Crippen LogP contribution in [0.2, 0.25) is 0 Å². The number of hydrogen-bond donors (Lipinski definition) is 0. The minimum Gasteiger partial charge on any atom is -0.325 e. The van der Waals surface area contributed by atoms with Gasteiger partial charge in [0.15, 0.2) is 0 Å². The number of amides is 2. The highest BCUT2D eigenvalue weighted by Crippen LogP contribution is 2.24. The van der Waals surface area contributed by atoms with Crippen LogP contribution in [0.4, 0.5) is 0 Å². The molecule has 1 aliphatic heterocycles. The van der Waals surface area contributed by atoms with Gasteiger partial charge in [0.2, 0.25) is 12.2 Å². The zero-order valence-electron chi connectivity index (χ0n) is 15.4. The number of benzene rings is 1. The third-order valence-electron chi connectivity index (χ3n) is 4.60. The van der Waals surface area contributed by atoms with Gasteiger partial charge in [-0.25, -0.2) is 0 Å². The normalized spacial score (nSPS) is 17.4. The highest BCUT2D eigenvalue weighted by Gasteiger charge is 2.39. The van der Waals surface area contributed by atoms with Gasteiger partial charge in [0.25, 0.3) is 5.91 Å². The van der Waals surface area contributed by atoms with Gasteiger partial charge in [0.1, 0.15) is 6.17 Å². The van der Waals surface area contributed by atoms with Crippen molar-refractivity contribution in [3.63, 3.8) is 0 Å². The molecule has 0 N–H and O–H groups in total. The predicted molar refractivity (Wildman–Crippen MR) is 96.7 cm³/mol. The van der Waals surface area contributed by atoms with Gasteiger partial charge < -0.3 is 9.80 Å². The summed E-state index contributed by atoms with van der Waals surface area (Å²) in [6.07, 6.45) is 3.76. The second-order valence-corrected chi connectivity index (χ2v) is 7.63. The van der Waals surface area contributed by atoms with Crippen LogP contribution in [0.1, 0.15) is 45.6 Å². The van der Waals surface area contributed by atoms with Crippen LogP contribution in [0.15, 0.2) is 30.3 Å². The average molecular weight is 344 g/mol. The van der Waals surface area contributed by atoms with Gasteiger partial charge in [-0.15, -0.1) is 0 Å². The number of hydrogen-bond acceptors (Lipinski definition) is 3. The molecule has 1 aromatic carbocycles. The van der Waals surface area contributed by atoms with Crippen LogP contribution in [-0.2, 0) is 20.8 Å². The van der Waals surface area contributed by atoms with Crippen molar-refractivity contribution in [2.75, 3.05) is 13.1 Å². The molecule has 0 radical (unpaired) electrons. The number of rotatable bonds is 7. The maximum Gasteiger partial charge on any atom is 0.292 e. The summed E-state index contributed by atoms with van der Waals surface area (Å²) in [7, 11) is 0. The van der Waals surface area contributed by atoms with E-state index < -0.39 is 17.1 Å². The number of carbonyl (C=O) groups excluding carboxylic acids is 3.